The van der Waals surface area contributed by atoms with Crippen molar-refractivity contribution in [1.29, 1.82) is 0 Å². The van der Waals surface area contributed by atoms with Gasteiger partial charge in [0.15, 0.2) is 5.65 Å². The van der Waals surface area contributed by atoms with Crippen LogP contribution in [0.3, 0.4) is 0 Å². The highest BCUT2D eigenvalue weighted by Gasteiger charge is 2.25. The number of thioether (sulfide) groups is 1. The first-order valence-electron chi connectivity index (χ1n) is 14.4. The van der Waals surface area contributed by atoms with Crippen molar-refractivity contribution in [3.05, 3.63) is 52.9 Å². The normalized spacial score (nSPS) is 17.4. The van der Waals surface area contributed by atoms with E-state index in [9.17, 15) is 9.59 Å². The molecule has 0 saturated carbocycles. The Balaban J connectivity index is 1.18. The van der Waals surface area contributed by atoms with Gasteiger partial charge in [-0.15, -0.1) is 0 Å². The van der Waals surface area contributed by atoms with Crippen LogP contribution in [0.4, 0.5) is 14.9 Å². The average Bonchev–Trinajstić information content (AvgIpc) is 3.52. The summed E-state index contributed by atoms with van der Waals surface area (Å²) in [6, 6.07) is 8.79. The molecule has 1 N–H and O–H groups in total. The van der Waals surface area contributed by atoms with Crippen molar-refractivity contribution in [3.8, 4) is 11.3 Å². The summed E-state index contributed by atoms with van der Waals surface area (Å²) in [5, 5.41) is 6.41. The first-order chi connectivity index (χ1) is 19.5. The van der Waals surface area contributed by atoms with Crippen molar-refractivity contribution < 1.29 is 14.0 Å². The number of halogens is 1. The number of nitrogens with zero attached hydrogens (tertiary/aromatic N) is 5. The Morgan fingerprint density at radius 1 is 0.975 bits per heavy atom. The molecule has 2 aliphatic heterocycles. The Kier molecular flexibility index (Phi) is 9.49. The number of fused-ring (bicyclic) bond motifs is 1. The Labute approximate surface area is 239 Å². The minimum atomic E-state index is -0.436. The van der Waals surface area contributed by atoms with E-state index in [0.29, 0.717) is 28.3 Å². The Morgan fingerprint density at radius 2 is 1.73 bits per heavy atom. The molecular formula is C30H37FN6O2S. The summed E-state index contributed by atoms with van der Waals surface area (Å²) < 4.78 is 17.0. The van der Waals surface area contributed by atoms with E-state index in [0.717, 1.165) is 44.5 Å². The summed E-state index contributed by atoms with van der Waals surface area (Å²) in [6.07, 6.45) is 13.9. The van der Waals surface area contributed by atoms with Gasteiger partial charge in [-0.3, -0.25) is 19.8 Å². The van der Waals surface area contributed by atoms with E-state index in [4.69, 9.17) is 0 Å². The van der Waals surface area contributed by atoms with Gasteiger partial charge in [-0.25, -0.2) is 13.9 Å². The maximum atomic E-state index is 15.4. The van der Waals surface area contributed by atoms with Crippen LogP contribution in [0.2, 0.25) is 0 Å². The molecule has 2 amide bonds. The van der Waals surface area contributed by atoms with E-state index in [1.165, 1.54) is 57.4 Å². The van der Waals surface area contributed by atoms with Gasteiger partial charge in [-0.2, -0.15) is 5.10 Å². The molecular weight excluding hydrogens is 527 g/mol. The molecule has 0 bridgehead atoms. The van der Waals surface area contributed by atoms with Crippen molar-refractivity contribution in [2.75, 3.05) is 37.6 Å². The number of rotatable bonds is 12. The quantitative estimate of drug-likeness (QED) is 0.210. The van der Waals surface area contributed by atoms with Crippen LogP contribution >= 0.6 is 11.8 Å². The minimum Gasteiger partial charge on any atom is -0.367 e. The van der Waals surface area contributed by atoms with Crippen molar-refractivity contribution in [3.63, 3.8) is 0 Å². The molecule has 0 radical (unpaired) electrons. The van der Waals surface area contributed by atoms with E-state index >= 15 is 4.39 Å². The van der Waals surface area contributed by atoms with Crippen molar-refractivity contribution in [2.24, 2.45) is 0 Å². The zero-order valence-electron chi connectivity index (χ0n) is 23.1. The van der Waals surface area contributed by atoms with Gasteiger partial charge in [0.1, 0.15) is 5.82 Å². The van der Waals surface area contributed by atoms with E-state index in [1.54, 1.807) is 28.9 Å². The first-order valence-corrected chi connectivity index (χ1v) is 15.2. The molecule has 3 aromatic rings. The minimum absolute atomic E-state index is 0.264. The van der Waals surface area contributed by atoms with Crippen LogP contribution < -0.4 is 10.2 Å². The second kappa shape index (κ2) is 13.4. The Bertz CT molecular complexity index is 1380. The number of carbonyl (C=O) groups excluding carboxylic acids is 2. The number of imidazole rings is 1. The molecule has 8 nitrogen and oxygen atoms in total. The maximum Gasteiger partial charge on any atom is 0.290 e. The number of aromatic nitrogens is 3. The molecule has 1 aromatic carbocycles. The Hall–Kier alpha value is -3.24. The van der Waals surface area contributed by atoms with Gasteiger partial charge in [0.25, 0.3) is 11.1 Å². The predicted octanol–water partition coefficient (Wildman–Crippen LogP) is 6.12. The largest absolute Gasteiger partial charge is 0.367 e. The lowest BCUT2D eigenvalue weighted by atomic mass is 10.1. The van der Waals surface area contributed by atoms with Gasteiger partial charge in [0.05, 0.1) is 28.2 Å². The van der Waals surface area contributed by atoms with E-state index in [2.05, 4.69) is 32.1 Å². The van der Waals surface area contributed by atoms with Crippen LogP contribution in [0.15, 0.2) is 41.4 Å². The van der Waals surface area contributed by atoms with Crippen molar-refractivity contribution >= 4 is 40.3 Å². The second-order valence-electron chi connectivity index (χ2n) is 10.5. The molecule has 0 spiro atoms. The monoisotopic (exact) mass is 564 g/mol. The van der Waals surface area contributed by atoms with Crippen LogP contribution in [-0.4, -0.2) is 63.4 Å². The molecule has 0 atom stereocenters. The van der Waals surface area contributed by atoms with Crippen LogP contribution in [0.25, 0.3) is 23.0 Å². The fraction of sp³-hybridized carbons (Fsp3) is 0.467. The highest BCUT2D eigenvalue weighted by Crippen LogP contribution is 2.29. The van der Waals surface area contributed by atoms with Gasteiger partial charge in [0.2, 0.25) is 0 Å². The van der Waals surface area contributed by atoms with Crippen LogP contribution in [-0.2, 0) is 4.79 Å². The lowest BCUT2D eigenvalue weighted by molar-refractivity contribution is -0.115. The standard InChI is InChI=1S/C30H37FN6O2S/c1-2-3-4-5-6-7-8-9-14-35-15-17-36(18-16-35)25-12-10-22(19-24(25)31)26-21-32-28-13-11-23(34-37(26)28)20-27-29(38)33-30(39)40-27/h10-13,19-21H,2-9,14-18H2,1H3,(H,33,38,39). The van der Waals surface area contributed by atoms with E-state index in [-0.39, 0.29) is 10.7 Å². The summed E-state index contributed by atoms with van der Waals surface area (Å²) >= 11 is 0.841. The number of hydrogen-bond acceptors (Lipinski definition) is 7. The summed E-state index contributed by atoms with van der Waals surface area (Å²) in [6.45, 7) is 6.92. The number of amides is 2. The highest BCUT2D eigenvalue weighted by molar-refractivity contribution is 8.18. The molecule has 0 unspecified atom stereocenters. The molecule has 2 aliphatic rings. The number of piperazine rings is 1. The average molecular weight is 565 g/mol. The smallest absolute Gasteiger partial charge is 0.290 e. The third-order valence-electron chi connectivity index (χ3n) is 7.59. The fourth-order valence-electron chi connectivity index (χ4n) is 5.32. The second-order valence-corrected chi connectivity index (χ2v) is 11.5. The molecule has 2 saturated heterocycles. The number of benzene rings is 1. The zero-order valence-corrected chi connectivity index (χ0v) is 23.9. The van der Waals surface area contributed by atoms with Crippen LogP contribution in [0, 0.1) is 5.82 Å². The summed E-state index contributed by atoms with van der Waals surface area (Å²) in [5.74, 6) is -0.700. The third kappa shape index (κ3) is 6.90. The summed E-state index contributed by atoms with van der Waals surface area (Å²) in [7, 11) is 0. The zero-order chi connectivity index (χ0) is 27.9. The van der Waals surface area contributed by atoms with Gasteiger partial charge < -0.3 is 4.90 Å². The molecule has 10 heteroatoms. The number of nitrogens with one attached hydrogen (secondary N) is 1. The van der Waals surface area contributed by atoms with E-state index in [1.807, 2.05) is 12.1 Å². The maximum absolute atomic E-state index is 15.4. The number of unbranched alkanes of at least 4 members (excludes halogenated alkanes) is 7. The van der Waals surface area contributed by atoms with Crippen LogP contribution in [0.1, 0.15) is 64.0 Å². The lowest BCUT2D eigenvalue weighted by Crippen LogP contribution is -2.46. The van der Waals surface area contributed by atoms with Gasteiger partial charge in [0, 0.05) is 31.7 Å². The fourth-order valence-corrected chi connectivity index (χ4v) is 5.99. The van der Waals surface area contributed by atoms with Gasteiger partial charge in [-0.05, 0) is 55.1 Å². The third-order valence-corrected chi connectivity index (χ3v) is 8.40. The molecule has 40 heavy (non-hydrogen) atoms. The summed E-state index contributed by atoms with van der Waals surface area (Å²) in [4.78, 5) is 32.7. The highest BCUT2D eigenvalue weighted by atomic mass is 32.2. The van der Waals surface area contributed by atoms with Crippen molar-refractivity contribution in [2.45, 2.75) is 58.3 Å². The predicted molar refractivity (Wildman–Crippen MR) is 159 cm³/mol. The number of hydrogen-bond donors (Lipinski definition) is 1. The molecule has 0 aliphatic carbocycles. The SMILES string of the molecule is CCCCCCCCCCN1CCN(c2ccc(-c3cnc4ccc(C=C5SC(=O)NC5=O)nn34)cc2F)CC1. The molecule has 212 valence electrons. The van der Waals surface area contributed by atoms with Gasteiger partial charge in [-0.1, -0.05) is 57.9 Å². The molecule has 4 heterocycles. The number of imide groups is 1. The molecule has 5 rings (SSSR count). The van der Waals surface area contributed by atoms with Crippen LogP contribution in [0.5, 0.6) is 0 Å². The van der Waals surface area contributed by atoms with E-state index < -0.39 is 11.1 Å². The number of anilines is 1. The lowest BCUT2D eigenvalue weighted by Gasteiger charge is -2.36. The topological polar surface area (TPSA) is 82.8 Å². The Morgan fingerprint density at radius 3 is 2.42 bits per heavy atom. The van der Waals surface area contributed by atoms with Gasteiger partial charge >= 0.3 is 0 Å². The summed E-state index contributed by atoms with van der Waals surface area (Å²) in [5.41, 5.74) is 3.05. The first kappa shape index (κ1) is 28.3. The van der Waals surface area contributed by atoms with Crippen molar-refractivity contribution in [1.82, 2.24) is 24.8 Å². The molecule has 2 aromatic heterocycles. The number of carbonyl (C=O) groups is 2. The molecule has 2 fully saturated rings.